The molecule has 3 aromatic rings. The summed E-state index contributed by atoms with van der Waals surface area (Å²) in [6, 6.07) is 4.96. The van der Waals surface area contributed by atoms with Crippen LogP contribution in [0.15, 0.2) is 24.4 Å². The van der Waals surface area contributed by atoms with Gasteiger partial charge in [-0.2, -0.15) is 5.10 Å². The number of hydrogen-bond acceptors (Lipinski definition) is 3. The van der Waals surface area contributed by atoms with Crippen molar-refractivity contribution in [2.24, 2.45) is 7.05 Å². The van der Waals surface area contributed by atoms with Crippen LogP contribution in [0.25, 0.3) is 22.2 Å². The van der Waals surface area contributed by atoms with Crippen LogP contribution in [0, 0.1) is 6.92 Å². The number of aromatic hydroxyl groups is 1. The third-order valence-electron chi connectivity index (χ3n) is 3.38. The number of phenolic OH excluding ortho intramolecular Hbond substituents is 1. The molecule has 102 valence electrons. The van der Waals surface area contributed by atoms with Gasteiger partial charge < -0.3 is 15.2 Å². The van der Waals surface area contributed by atoms with Crippen molar-refractivity contribution in [3.05, 3.63) is 35.7 Å². The van der Waals surface area contributed by atoms with Crippen molar-refractivity contribution in [1.82, 2.24) is 14.8 Å². The number of aryl methyl sites for hydroxylation is 2. The normalized spacial score (nSPS) is 11.1. The number of fused-ring (bicyclic) bond motifs is 1. The lowest BCUT2D eigenvalue weighted by molar-refractivity contribution is 0.0697. The molecule has 0 amide bonds. The van der Waals surface area contributed by atoms with Crippen LogP contribution in [0.2, 0.25) is 0 Å². The smallest absolute Gasteiger partial charge is 0.339 e. The number of carbonyl (C=O) groups is 1. The summed E-state index contributed by atoms with van der Waals surface area (Å²) in [4.78, 5) is 14.5. The van der Waals surface area contributed by atoms with Gasteiger partial charge in [0, 0.05) is 35.3 Å². The van der Waals surface area contributed by atoms with Gasteiger partial charge in [0.2, 0.25) is 0 Å². The Bertz CT molecular complexity index is 830. The number of nitrogens with one attached hydrogen (secondary N) is 1. The topological polar surface area (TPSA) is 91.1 Å². The van der Waals surface area contributed by atoms with Crippen molar-refractivity contribution in [1.29, 1.82) is 0 Å². The first-order valence-corrected chi connectivity index (χ1v) is 6.06. The maximum atomic E-state index is 11.3. The lowest BCUT2D eigenvalue weighted by Crippen LogP contribution is -2.01. The van der Waals surface area contributed by atoms with Crippen LogP contribution in [0.4, 0.5) is 0 Å². The minimum Gasteiger partial charge on any atom is -0.508 e. The zero-order chi connectivity index (χ0) is 14.4. The van der Waals surface area contributed by atoms with E-state index < -0.39 is 5.97 Å². The van der Waals surface area contributed by atoms with Crippen molar-refractivity contribution in [2.45, 2.75) is 6.92 Å². The van der Waals surface area contributed by atoms with Gasteiger partial charge in [0.05, 0.1) is 11.9 Å². The molecule has 0 saturated heterocycles. The van der Waals surface area contributed by atoms with E-state index >= 15 is 0 Å². The molecule has 0 spiro atoms. The Morgan fingerprint density at radius 2 is 2.15 bits per heavy atom. The van der Waals surface area contributed by atoms with E-state index in [-0.39, 0.29) is 11.3 Å². The molecule has 0 fully saturated rings. The van der Waals surface area contributed by atoms with Gasteiger partial charge in [0.15, 0.2) is 0 Å². The van der Waals surface area contributed by atoms with Crippen molar-refractivity contribution in [3.63, 3.8) is 0 Å². The largest absolute Gasteiger partial charge is 0.508 e. The summed E-state index contributed by atoms with van der Waals surface area (Å²) in [5, 5.41) is 23.7. The lowest BCUT2D eigenvalue weighted by Gasteiger charge is -2.04. The third-order valence-corrected chi connectivity index (χ3v) is 3.38. The van der Waals surface area contributed by atoms with Gasteiger partial charge in [-0.25, -0.2) is 4.79 Å². The van der Waals surface area contributed by atoms with Crippen LogP contribution in [0.3, 0.4) is 0 Å². The van der Waals surface area contributed by atoms with Crippen molar-refractivity contribution in [3.8, 4) is 17.0 Å². The summed E-state index contributed by atoms with van der Waals surface area (Å²) in [5.74, 6) is -0.852. The summed E-state index contributed by atoms with van der Waals surface area (Å²) < 4.78 is 1.55. The van der Waals surface area contributed by atoms with Gasteiger partial charge in [-0.1, -0.05) is 0 Å². The summed E-state index contributed by atoms with van der Waals surface area (Å²) in [6.07, 6.45) is 1.34. The highest BCUT2D eigenvalue weighted by atomic mass is 16.4. The number of rotatable bonds is 2. The number of benzene rings is 1. The first kappa shape index (κ1) is 12.3. The van der Waals surface area contributed by atoms with E-state index in [4.69, 9.17) is 0 Å². The van der Waals surface area contributed by atoms with Gasteiger partial charge in [0.1, 0.15) is 11.3 Å². The van der Waals surface area contributed by atoms with E-state index in [2.05, 4.69) is 10.1 Å². The minimum absolute atomic E-state index is 0.157. The van der Waals surface area contributed by atoms with Gasteiger partial charge in [-0.05, 0) is 19.1 Å². The Balaban J connectivity index is 2.38. The van der Waals surface area contributed by atoms with Crippen molar-refractivity contribution >= 4 is 16.9 Å². The molecule has 0 atom stereocenters. The molecule has 6 nitrogen and oxygen atoms in total. The fourth-order valence-corrected chi connectivity index (χ4v) is 2.52. The molecule has 20 heavy (non-hydrogen) atoms. The quantitative estimate of drug-likeness (QED) is 0.666. The number of aromatic nitrogens is 3. The number of aromatic carboxylic acids is 1. The number of hydrogen-bond donors (Lipinski definition) is 3. The predicted octanol–water partition coefficient (Wildman–Crippen LogP) is 2.28. The predicted molar refractivity (Wildman–Crippen MR) is 73.9 cm³/mol. The molecule has 0 aliphatic rings. The van der Waals surface area contributed by atoms with Crippen LogP contribution in [0.5, 0.6) is 5.75 Å². The Morgan fingerprint density at radius 3 is 2.85 bits per heavy atom. The van der Waals surface area contributed by atoms with E-state index in [9.17, 15) is 15.0 Å². The molecule has 0 unspecified atom stereocenters. The molecule has 0 saturated carbocycles. The van der Waals surface area contributed by atoms with Crippen molar-refractivity contribution < 1.29 is 15.0 Å². The standard InChI is InChI=1S/C14H13N3O3/c1-7-12(9-4-3-8(18)5-11(9)16-7)13-10(14(19)20)6-15-17(13)2/h3-6,16,18H,1-2H3,(H,19,20). The summed E-state index contributed by atoms with van der Waals surface area (Å²) in [5.41, 5.74) is 3.08. The van der Waals surface area contributed by atoms with E-state index in [0.717, 1.165) is 22.2 Å². The molecule has 3 N–H and O–H groups in total. The zero-order valence-corrected chi connectivity index (χ0v) is 11.0. The van der Waals surface area contributed by atoms with Crippen LogP contribution in [-0.2, 0) is 7.05 Å². The molecule has 0 bridgehead atoms. The second-order valence-electron chi connectivity index (χ2n) is 4.69. The number of nitrogens with zero attached hydrogens (tertiary/aromatic N) is 2. The van der Waals surface area contributed by atoms with E-state index in [1.54, 1.807) is 29.9 Å². The van der Waals surface area contributed by atoms with E-state index in [1.807, 2.05) is 6.92 Å². The van der Waals surface area contributed by atoms with Gasteiger partial charge in [-0.3, -0.25) is 4.68 Å². The molecule has 2 heterocycles. The van der Waals surface area contributed by atoms with E-state index in [0.29, 0.717) is 5.69 Å². The van der Waals surface area contributed by atoms with Gasteiger partial charge in [-0.15, -0.1) is 0 Å². The third kappa shape index (κ3) is 1.65. The second-order valence-corrected chi connectivity index (χ2v) is 4.69. The maximum absolute atomic E-state index is 11.3. The average molecular weight is 271 g/mol. The summed E-state index contributed by atoms with van der Waals surface area (Å²) in [7, 11) is 1.71. The van der Waals surface area contributed by atoms with Crippen LogP contribution < -0.4 is 0 Å². The highest BCUT2D eigenvalue weighted by molar-refractivity contribution is 6.03. The molecule has 2 aromatic heterocycles. The van der Waals surface area contributed by atoms with Crippen LogP contribution in [0.1, 0.15) is 16.1 Å². The molecule has 0 aliphatic carbocycles. The fourth-order valence-electron chi connectivity index (χ4n) is 2.52. The van der Waals surface area contributed by atoms with Crippen molar-refractivity contribution in [2.75, 3.05) is 0 Å². The highest BCUT2D eigenvalue weighted by Crippen LogP contribution is 2.35. The van der Waals surface area contributed by atoms with Gasteiger partial charge >= 0.3 is 5.97 Å². The fraction of sp³-hybridized carbons (Fsp3) is 0.143. The zero-order valence-electron chi connectivity index (χ0n) is 11.0. The summed E-state index contributed by atoms with van der Waals surface area (Å²) >= 11 is 0. The Labute approximate surface area is 114 Å². The molecular formula is C14H13N3O3. The molecular weight excluding hydrogens is 258 g/mol. The van der Waals surface area contributed by atoms with Crippen LogP contribution in [-0.4, -0.2) is 30.9 Å². The first-order valence-electron chi connectivity index (χ1n) is 6.06. The van der Waals surface area contributed by atoms with Crippen LogP contribution >= 0.6 is 0 Å². The Hall–Kier alpha value is -2.76. The number of carboxylic acid groups (broad SMARTS) is 1. The maximum Gasteiger partial charge on any atom is 0.339 e. The minimum atomic E-state index is -1.01. The highest BCUT2D eigenvalue weighted by Gasteiger charge is 2.21. The molecule has 0 aliphatic heterocycles. The SMILES string of the molecule is Cc1[nH]c2cc(O)ccc2c1-c1c(C(=O)O)cnn1C. The molecule has 3 rings (SSSR count). The lowest BCUT2D eigenvalue weighted by atomic mass is 10.0. The monoisotopic (exact) mass is 271 g/mol. The Morgan fingerprint density at radius 1 is 1.40 bits per heavy atom. The van der Waals surface area contributed by atoms with E-state index in [1.165, 1.54) is 6.20 Å². The number of H-pyrrole nitrogens is 1. The first-order chi connectivity index (χ1) is 9.49. The molecule has 0 radical (unpaired) electrons. The molecule has 1 aromatic carbocycles. The summed E-state index contributed by atoms with van der Waals surface area (Å²) in [6.45, 7) is 1.87. The number of carboxylic acids is 1. The molecule has 6 heteroatoms. The number of aromatic amines is 1. The average Bonchev–Trinajstić information content (AvgIpc) is 2.88. The number of phenols is 1. The second kappa shape index (κ2) is 4.12. The Kier molecular flexibility index (Phi) is 2.53. The van der Waals surface area contributed by atoms with Gasteiger partial charge in [0.25, 0.3) is 0 Å².